The van der Waals surface area contributed by atoms with Gasteiger partial charge in [-0.05, 0) is 24.5 Å². The summed E-state index contributed by atoms with van der Waals surface area (Å²) in [6, 6.07) is 10.6. The Balaban J connectivity index is 0.00000256. The topological polar surface area (TPSA) is 0 Å². The van der Waals surface area contributed by atoms with Crippen LogP contribution in [0.25, 0.3) is 0 Å². The molecule has 1 rings (SSSR count). The quantitative estimate of drug-likeness (QED) is 0.583. The molecule has 0 aliphatic heterocycles. The van der Waals surface area contributed by atoms with Crippen LogP contribution >= 0.6 is 0 Å². The van der Waals surface area contributed by atoms with Gasteiger partial charge in [-0.1, -0.05) is 75.6 Å². The smallest absolute Gasteiger partial charge is 0.00865 e. The van der Waals surface area contributed by atoms with Gasteiger partial charge in [-0.15, -0.1) is 0 Å². The molecular formula is C17H24. The summed E-state index contributed by atoms with van der Waals surface area (Å²) in [5.74, 6) is 0.454. The zero-order valence-electron chi connectivity index (χ0n) is 10.2. The molecule has 0 nitrogen and oxygen atoms in total. The van der Waals surface area contributed by atoms with E-state index >= 15 is 0 Å². The van der Waals surface area contributed by atoms with Crippen LogP contribution < -0.4 is 0 Å². The Bertz CT molecular complexity index is 368. The first-order chi connectivity index (χ1) is 7.83. The van der Waals surface area contributed by atoms with Gasteiger partial charge >= 0.3 is 0 Å². The van der Waals surface area contributed by atoms with Crippen molar-refractivity contribution in [3.05, 3.63) is 72.4 Å². The van der Waals surface area contributed by atoms with Crippen molar-refractivity contribution < 1.29 is 0 Å². The van der Waals surface area contributed by atoms with Crippen LogP contribution in [0.3, 0.4) is 0 Å². The third kappa shape index (κ3) is 4.44. The van der Waals surface area contributed by atoms with Crippen LogP contribution in [0.2, 0.25) is 0 Å². The fourth-order valence-corrected chi connectivity index (χ4v) is 1.88. The minimum Gasteiger partial charge on any atom is -0.0988 e. The average molecular weight is 228 g/mol. The van der Waals surface area contributed by atoms with Gasteiger partial charge in [0.2, 0.25) is 0 Å². The highest BCUT2D eigenvalue weighted by Gasteiger charge is 2.10. The monoisotopic (exact) mass is 228 g/mol. The number of benzene rings is 1. The number of hydrogen-bond donors (Lipinski definition) is 0. The summed E-state index contributed by atoms with van der Waals surface area (Å²) in [7, 11) is 0. The summed E-state index contributed by atoms with van der Waals surface area (Å²) in [5, 5.41) is 0. The number of rotatable bonds is 5. The molecule has 1 aromatic carbocycles. The van der Waals surface area contributed by atoms with Gasteiger partial charge in [0, 0.05) is 5.92 Å². The Morgan fingerprint density at radius 1 is 1.29 bits per heavy atom. The van der Waals surface area contributed by atoms with E-state index < -0.39 is 0 Å². The van der Waals surface area contributed by atoms with Crippen LogP contribution in [-0.4, -0.2) is 0 Å². The maximum absolute atomic E-state index is 3.91. The predicted molar refractivity (Wildman–Crippen MR) is 79.3 cm³/mol. The molecule has 0 bridgehead atoms. The molecule has 0 fully saturated rings. The summed E-state index contributed by atoms with van der Waals surface area (Å²) >= 11 is 0. The Labute approximate surface area is 106 Å². The van der Waals surface area contributed by atoms with Gasteiger partial charge < -0.3 is 0 Å². The normalized spacial score (nSPS) is 13.2. The van der Waals surface area contributed by atoms with E-state index in [2.05, 4.69) is 56.0 Å². The molecule has 1 unspecified atom stereocenters. The van der Waals surface area contributed by atoms with Crippen molar-refractivity contribution in [1.82, 2.24) is 0 Å². The second kappa shape index (κ2) is 8.58. The zero-order valence-corrected chi connectivity index (χ0v) is 10.2. The van der Waals surface area contributed by atoms with Crippen LogP contribution in [0.15, 0.2) is 66.8 Å². The molecule has 0 amide bonds. The molecular weight excluding hydrogens is 204 g/mol. The number of hydrogen-bond acceptors (Lipinski definition) is 0. The fourth-order valence-electron chi connectivity index (χ4n) is 1.88. The lowest BCUT2D eigenvalue weighted by molar-refractivity contribution is 0.776. The van der Waals surface area contributed by atoms with Crippen LogP contribution in [0, 0.1) is 0 Å². The third-order valence-corrected chi connectivity index (χ3v) is 2.73. The van der Waals surface area contributed by atoms with Gasteiger partial charge in [0.1, 0.15) is 0 Å². The molecule has 0 spiro atoms. The van der Waals surface area contributed by atoms with E-state index in [1.165, 1.54) is 11.1 Å². The van der Waals surface area contributed by atoms with E-state index in [4.69, 9.17) is 0 Å². The molecule has 0 saturated carbocycles. The first kappa shape index (κ1) is 15.4. The molecule has 1 aromatic rings. The lowest BCUT2D eigenvalue weighted by atomic mass is 9.88. The Kier molecular flexibility index (Phi) is 7.79. The summed E-state index contributed by atoms with van der Waals surface area (Å²) in [5.41, 5.74) is 2.65. The van der Waals surface area contributed by atoms with Crippen molar-refractivity contribution in [2.45, 2.75) is 33.6 Å². The first-order valence-electron chi connectivity index (χ1n) is 5.83. The highest BCUT2D eigenvalue weighted by atomic mass is 14.1. The summed E-state index contributed by atoms with van der Waals surface area (Å²) in [4.78, 5) is 0. The Morgan fingerprint density at radius 2 is 1.94 bits per heavy atom. The van der Waals surface area contributed by atoms with Crippen LogP contribution in [0.1, 0.15) is 39.2 Å². The fraction of sp³-hybridized carbons (Fsp3) is 0.294. The lowest BCUT2D eigenvalue weighted by Crippen LogP contribution is -1.99. The molecule has 0 N–H and O–H groups in total. The molecule has 92 valence electrons. The Hall–Kier alpha value is -1.56. The van der Waals surface area contributed by atoms with Crippen molar-refractivity contribution in [1.29, 1.82) is 0 Å². The van der Waals surface area contributed by atoms with E-state index in [0.29, 0.717) is 5.92 Å². The maximum Gasteiger partial charge on any atom is 0.00865 e. The van der Waals surface area contributed by atoms with E-state index in [0.717, 1.165) is 6.42 Å². The zero-order chi connectivity index (χ0) is 11.8. The molecule has 17 heavy (non-hydrogen) atoms. The molecule has 1 atom stereocenters. The third-order valence-electron chi connectivity index (χ3n) is 2.73. The summed E-state index contributed by atoms with van der Waals surface area (Å²) in [6.45, 7) is 8.15. The van der Waals surface area contributed by atoms with E-state index in [9.17, 15) is 0 Å². The van der Waals surface area contributed by atoms with Gasteiger partial charge in [0.25, 0.3) is 0 Å². The summed E-state index contributed by atoms with van der Waals surface area (Å²) in [6.07, 6.45) is 9.32. The number of allylic oxidation sites excluding steroid dienone is 5. The summed E-state index contributed by atoms with van der Waals surface area (Å²) < 4.78 is 0. The lowest BCUT2D eigenvalue weighted by Gasteiger charge is -2.16. The molecule has 0 heterocycles. The molecule has 0 saturated heterocycles. The minimum absolute atomic E-state index is 0. The highest BCUT2D eigenvalue weighted by Crippen LogP contribution is 2.28. The largest absolute Gasteiger partial charge is 0.0988 e. The first-order valence-corrected chi connectivity index (χ1v) is 5.83. The van der Waals surface area contributed by atoms with Crippen molar-refractivity contribution in [2.75, 3.05) is 0 Å². The van der Waals surface area contributed by atoms with Crippen molar-refractivity contribution in [2.24, 2.45) is 0 Å². The van der Waals surface area contributed by atoms with Gasteiger partial charge in [-0.3, -0.25) is 0 Å². The van der Waals surface area contributed by atoms with E-state index in [1.54, 1.807) is 0 Å². The van der Waals surface area contributed by atoms with Gasteiger partial charge in [0.05, 0.1) is 0 Å². The second-order valence-corrected chi connectivity index (χ2v) is 3.77. The predicted octanol–water partition coefficient (Wildman–Crippen LogP) is 5.50. The van der Waals surface area contributed by atoms with Crippen molar-refractivity contribution in [3.8, 4) is 0 Å². The average Bonchev–Trinajstić information content (AvgIpc) is 2.35. The van der Waals surface area contributed by atoms with E-state index in [1.807, 2.05) is 19.1 Å². The van der Waals surface area contributed by atoms with Gasteiger partial charge in [-0.2, -0.15) is 0 Å². The van der Waals surface area contributed by atoms with Crippen LogP contribution in [0.4, 0.5) is 0 Å². The Morgan fingerprint density at radius 3 is 2.41 bits per heavy atom. The van der Waals surface area contributed by atoms with Gasteiger partial charge in [-0.25, -0.2) is 0 Å². The maximum atomic E-state index is 3.91. The highest BCUT2D eigenvalue weighted by molar-refractivity contribution is 5.36. The van der Waals surface area contributed by atoms with Crippen molar-refractivity contribution in [3.63, 3.8) is 0 Å². The molecule has 0 aliphatic rings. The molecule has 0 aromatic heterocycles. The standard InChI is InChI=1S/C16H20.CH4/c1-4-7-11-14(5-2)16(6-3)15-12-9-8-10-13-15;/h4-5,7-13,16H,2,6H2,1,3H3;1H4/b7-4-,14-11+;. The second-order valence-electron chi connectivity index (χ2n) is 3.77. The molecule has 0 heteroatoms. The van der Waals surface area contributed by atoms with Crippen LogP contribution in [-0.2, 0) is 0 Å². The van der Waals surface area contributed by atoms with Crippen molar-refractivity contribution >= 4 is 0 Å². The SMILES string of the molecule is C.C=C/C(=C\C=C/C)C(CC)c1ccccc1. The van der Waals surface area contributed by atoms with Gasteiger partial charge in [0.15, 0.2) is 0 Å². The van der Waals surface area contributed by atoms with Crippen LogP contribution in [0.5, 0.6) is 0 Å². The molecule has 0 radical (unpaired) electrons. The molecule has 0 aliphatic carbocycles. The van der Waals surface area contributed by atoms with E-state index in [-0.39, 0.29) is 7.43 Å². The minimum atomic E-state index is 0.